The van der Waals surface area contributed by atoms with Crippen LogP contribution in [0.15, 0.2) is 36.9 Å². The predicted octanol–water partition coefficient (Wildman–Crippen LogP) is 2.91. The molecule has 1 N–H and O–H groups in total. The molecule has 0 heterocycles. The lowest BCUT2D eigenvalue weighted by Crippen LogP contribution is -2.19. The maximum Gasteiger partial charge on any atom is 0.118 e. The van der Waals surface area contributed by atoms with Gasteiger partial charge in [0.25, 0.3) is 0 Å². The molecule has 0 radical (unpaired) electrons. The molecular formula is C14H20O2. The van der Waals surface area contributed by atoms with E-state index in [0.29, 0.717) is 0 Å². The molecule has 0 aliphatic carbocycles. The van der Waals surface area contributed by atoms with Crippen LogP contribution in [0.4, 0.5) is 0 Å². The number of ether oxygens (including phenoxy) is 1. The molecule has 0 aliphatic heterocycles. The molecule has 0 aliphatic rings. The van der Waals surface area contributed by atoms with E-state index in [1.54, 1.807) is 7.11 Å². The van der Waals surface area contributed by atoms with Crippen LogP contribution < -0.4 is 4.74 Å². The molecule has 1 rings (SSSR count). The quantitative estimate of drug-likeness (QED) is 0.747. The zero-order chi connectivity index (χ0) is 12.0. The number of aliphatic hydroxyl groups excluding tert-OH is 1. The summed E-state index contributed by atoms with van der Waals surface area (Å²) in [7, 11) is 1.66. The van der Waals surface area contributed by atoms with Crippen molar-refractivity contribution in [3.8, 4) is 5.75 Å². The van der Waals surface area contributed by atoms with Crippen LogP contribution in [0, 0.1) is 0 Å². The second kappa shape index (κ2) is 5.71. The van der Waals surface area contributed by atoms with Crippen LogP contribution in [0.25, 0.3) is 0 Å². The summed E-state index contributed by atoms with van der Waals surface area (Å²) in [6.45, 7) is 6.25. The maximum absolute atomic E-state index is 8.90. The van der Waals surface area contributed by atoms with Gasteiger partial charge in [0.2, 0.25) is 0 Å². The Morgan fingerprint density at radius 2 is 2.00 bits per heavy atom. The molecule has 1 aromatic rings. The van der Waals surface area contributed by atoms with Gasteiger partial charge in [-0.05, 0) is 30.5 Å². The molecule has 0 fully saturated rings. The Hall–Kier alpha value is -1.28. The van der Waals surface area contributed by atoms with E-state index >= 15 is 0 Å². The summed E-state index contributed by atoms with van der Waals surface area (Å²) in [6, 6.07) is 8.02. The van der Waals surface area contributed by atoms with Gasteiger partial charge in [-0.2, -0.15) is 0 Å². The van der Waals surface area contributed by atoms with Crippen molar-refractivity contribution in [2.45, 2.75) is 25.2 Å². The van der Waals surface area contributed by atoms with Crippen molar-refractivity contribution < 1.29 is 9.84 Å². The minimum Gasteiger partial charge on any atom is -0.497 e. The van der Waals surface area contributed by atoms with Crippen molar-refractivity contribution in [2.75, 3.05) is 13.7 Å². The van der Waals surface area contributed by atoms with Gasteiger partial charge >= 0.3 is 0 Å². The van der Waals surface area contributed by atoms with E-state index in [1.165, 1.54) is 5.56 Å². The highest BCUT2D eigenvalue weighted by Gasteiger charge is 2.21. The Morgan fingerprint density at radius 3 is 2.44 bits per heavy atom. The van der Waals surface area contributed by atoms with Crippen molar-refractivity contribution in [1.82, 2.24) is 0 Å². The lowest BCUT2D eigenvalue weighted by Gasteiger charge is -2.26. The normalized spacial score (nSPS) is 14.2. The molecule has 0 saturated carbocycles. The highest BCUT2D eigenvalue weighted by atomic mass is 16.5. The molecule has 88 valence electrons. The van der Waals surface area contributed by atoms with Crippen molar-refractivity contribution in [3.05, 3.63) is 42.5 Å². The summed E-state index contributed by atoms with van der Waals surface area (Å²) >= 11 is 0. The average Bonchev–Trinajstić information content (AvgIpc) is 2.36. The van der Waals surface area contributed by atoms with Gasteiger partial charge < -0.3 is 9.84 Å². The predicted molar refractivity (Wildman–Crippen MR) is 66.9 cm³/mol. The monoisotopic (exact) mass is 220 g/mol. The third-order valence-corrected chi connectivity index (χ3v) is 3.05. The SMILES string of the molecule is C=C[C@](C)(CCCO)c1ccc(OC)cc1. The fourth-order valence-corrected chi connectivity index (χ4v) is 1.78. The lowest BCUT2D eigenvalue weighted by atomic mass is 9.79. The van der Waals surface area contributed by atoms with E-state index in [-0.39, 0.29) is 12.0 Å². The molecule has 0 unspecified atom stereocenters. The first-order chi connectivity index (χ1) is 7.66. The van der Waals surface area contributed by atoms with Gasteiger partial charge in [-0.15, -0.1) is 6.58 Å². The van der Waals surface area contributed by atoms with E-state index in [0.717, 1.165) is 18.6 Å². The van der Waals surface area contributed by atoms with Gasteiger partial charge in [-0.3, -0.25) is 0 Å². The second-order valence-corrected chi connectivity index (χ2v) is 4.18. The minimum absolute atomic E-state index is 0.0744. The van der Waals surface area contributed by atoms with Gasteiger partial charge in [0.05, 0.1) is 7.11 Å². The van der Waals surface area contributed by atoms with Gasteiger partial charge in [0.15, 0.2) is 0 Å². The first-order valence-electron chi connectivity index (χ1n) is 5.55. The summed E-state index contributed by atoms with van der Waals surface area (Å²) in [6.07, 6.45) is 3.64. The second-order valence-electron chi connectivity index (χ2n) is 4.18. The molecule has 16 heavy (non-hydrogen) atoms. The zero-order valence-electron chi connectivity index (χ0n) is 10.1. The molecule has 0 amide bonds. The van der Waals surface area contributed by atoms with Crippen molar-refractivity contribution in [2.24, 2.45) is 0 Å². The third-order valence-electron chi connectivity index (χ3n) is 3.05. The largest absolute Gasteiger partial charge is 0.497 e. The summed E-state index contributed by atoms with van der Waals surface area (Å²) in [5.41, 5.74) is 1.13. The third kappa shape index (κ3) is 2.86. The molecule has 1 aromatic carbocycles. The summed E-state index contributed by atoms with van der Waals surface area (Å²) in [4.78, 5) is 0. The zero-order valence-corrected chi connectivity index (χ0v) is 10.1. The van der Waals surface area contributed by atoms with Gasteiger partial charge in [-0.25, -0.2) is 0 Å². The van der Waals surface area contributed by atoms with Crippen LogP contribution in [0.5, 0.6) is 5.75 Å². The number of benzene rings is 1. The fourth-order valence-electron chi connectivity index (χ4n) is 1.78. The lowest BCUT2D eigenvalue weighted by molar-refractivity contribution is 0.273. The summed E-state index contributed by atoms with van der Waals surface area (Å²) in [5.74, 6) is 0.859. The first-order valence-corrected chi connectivity index (χ1v) is 5.55. The van der Waals surface area contributed by atoms with Crippen LogP contribution in [0.2, 0.25) is 0 Å². The highest BCUT2D eigenvalue weighted by Crippen LogP contribution is 2.31. The number of aliphatic hydroxyl groups is 1. The number of hydrogen-bond acceptors (Lipinski definition) is 2. The van der Waals surface area contributed by atoms with Crippen LogP contribution in [-0.4, -0.2) is 18.8 Å². The van der Waals surface area contributed by atoms with Gasteiger partial charge in [-0.1, -0.05) is 25.1 Å². The van der Waals surface area contributed by atoms with E-state index in [9.17, 15) is 0 Å². The van der Waals surface area contributed by atoms with Crippen molar-refractivity contribution in [3.63, 3.8) is 0 Å². The molecule has 0 saturated heterocycles. The van der Waals surface area contributed by atoms with E-state index in [4.69, 9.17) is 9.84 Å². The maximum atomic E-state index is 8.90. The van der Waals surface area contributed by atoms with Crippen LogP contribution in [0.1, 0.15) is 25.3 Å². The van der Waals surface area contributed by atoms with E-state index < -0.39 is 0 Å². The average molecular weight is 220 g/mol. The van der Waals surface area contributed by atoms with Crippen LogP contribution >= 0.6 is 0 Å². The highest BCUT2D eigenvalue weighted by molar-refractivity contribution is 5.34. The number of methoxy groups -OCH3 is 1. The Kier molecular flexibility index (Phi) is 4.56. The van der Waals surface area contributed by atoms with Crippen molar-refractivity contribution in [1.29, 1.82) is 0 Å². The molecule has 0 aromatic heterocycles. The number of allylic oxidation sites excluding steroid dienone is 1. The molecule has 0 spiro atoms. The summed E-state index contributed by atoms with van der Waals surface area (Å²) < 4.78 is 5.13. The number of hydrogen-bond donors (Lipinski definition) is 1. The van der Waals surface area contributed by atoms with E-state index in [2.05, 4.69) is 25.6 Å². The fraction of sp³-hybridized carbons (Fsp3) is 0.429. The molecule has 2 heteroatoms. The molecular weight excluding hydrogens is 200 g/mol. The Labute approximate surface area is 97.6 Å². The van der Waals surface area contributed by atoms with Crippen molar-refractivity contribution >= 4 is 0 Å². The topological polar surface area (TPSA) is 29.5 Å². The van der Waals surface area contributed by atoms with Crippen LogP contribution in [-0.2, 0) is 5.41 Å². The molecule has 2 nitrogen and oxygen atoms in total. The standard InChI is InChI=1S/C14H20O2/c1-4-14(2,10-5-11-15)12-6-8-13(16-3)9-7-12/h4,6-9,15H,1,5,10-11H2,2-3H3/t14-/m1/s1. The van der Waals surface area contributed by atoms with Gasteiger partial charge in [0, 0.05) is 12.0 Å². The number of rotatable bonds is 6. The smallest absolute Gasteiger partial charge is 0.118 e. The Morgan fingerprint density at radius 1 is 1.38 bits per heavy atom. The van der Waals surface area contributed by atoms with E-state index in [1.807, 2.05) is 18.2 Å². The summed E-state index contributed by atoms with van der Waals surface area (Å²) in [5, 5.41) is 8.90. The molecule has 1 atom stereocenters. The first kappa shape index (κ1) is 12.8. The Bertz CT molecular complexity index is 329. The van der Waals surface area contributed by atoms with Crippen LogP contribution in [0.3, 0.4) is 0 Å². The van der Waals surface area contributed by atoms with Gasteiger partial charge in [0.1, 0.15) is 5.75 Å². The molecule has 0 bridgehead atoms. The Balaban J connectivity index is 2.89. The minimum atomic E-state index is -0.0744.